The third-order valence-electron chi connectivity index (χ3n) is 8.64. The molecule has 0 saturated heterocycles. The topological polar surface area (TPSA) is 86.6 Å². The Kier molecular flexibility index (Phi) is 23.2. The maximum absolute atomic E-state index is 12.8. The van der Waals surface area contributed by atoms with E-state index in [2.05, 4.69) is 15.7 Å². The van der Waals surface area contributed by atoms with Gasteiger partial charge in [-0.05, 0) is 38.6 Å². The van der Waals surface area contributed by atoms with Crippen LogP contribution in [0.25, 0.3) is 0 Å². The first-order valence-electron chi connectivity index (χ1n) is 18.1. The van der Waals surface area contributed by atoms with Gasteiger partial charge in [-0.15, -0.1) is 0 Å². The highest BCUT2D eigenvalue weighted by molar-refractivity contribution is 7.85. The normalized spacial score (nSPS) is 10.7. The molecule has 5 nitrogen and oxygen atoms in total. The van der Waals surface area contributed by atoms with Crippen LogP contribution in [0.15, 0.2) is 4.90 Å². The van der Waals surface area contributed by atoms with E-state index in [0.29, 0.717) is 0 Å². The lowest BCUT2D eigenvalue weighted by Gasteiger charge is -2.07. The molecule has 36 heteroatoms. The van der Waals surface area contributed by atoms with E-state index in [9.17, 15) is 131 Å². The minimum absolute atomic E-state index is 0.816. The molecule has 0 aliphatic carbocycles. The van der Waals surface area contributed by atoms with Crippen molar-refractivity contribution in [1.29, 1.82) is 0 Å². The smallest absolute Gasteiger partial charge is 0.291 e. The molecule has 0 atom stereocenters. The molecule has 0 bridgehead atoms. The van der Waals surface area contributed by atoms with Gasteiger partial charge in [0.05, 0.1) is 0 Å². The molecule has 6 aromatic rings. The Morgan fingerprint density at radius 1 is 0.276 bits per heavy atom. The molecule has 412 valence electrons. The lowest BCUT2D eigenvalue weighted by atomic mass is 9.94. The summed E-state index contributed by atoms with van der Waals surface area (Å²) in [5.41, 5.74) is -6.58. The quantitative estimate of drug-likeness (QED) is 0.0402. The fourth-order valence-electron chi connectivity index (χ4n) is 4.46. The lowest BCUT2D eigenvalue weighted by Crippen LogP contribution is -2.22. The number of benzene rings is 6. The molecule has 0 amide bonds. The summed E-state index contributed by atoms with van der Waals surface area (Å²) < 4.78 is 377. The summed E-state index contributed by atoms with van der Waals surface area (Å²) in [7, 11) is 3.85. The highest BCUT2D eigenvalue weighted by Crippen LogP contribution is 2.27. The predicted molar refractivity (Wildman–Crippen MR) is 202 cm³/mol. The van der Waals surface area contributed by atoms with Crippen molar-refractivity contribution in [1.82, 2.24) is 0 Å². The second-order valence-electron chi connectivity index (χ2n) is 13.4. The summed E-state index contributed by atoms with van der Waals surface area (Å²) in [4.78, 5) is -2.10. The Morgan fingerprint density at radius 2 is 0.421 bits per heavy atom. The summed E-state index contributed by atoms with van der Waals surface area (Å²) in [5.74, 6) is -53.9. The molecule has 76 heavy (non-hydrogen) atoms. The molecular weight excluding hydrogens is 1140 g/mol. The van der Waals surface area contributed by atoms with Crippen LogP contribution in [0.4, 0.5) is 129 Å². The van der Waals surface area contributed by atoms with Crippen LogP contribution in [0, 0.1) is 191 Å². The van der Waals surface area contributed by atoms with Crippen LogP contribution in [0.2, 0.25) is 0 Å². The first-order chi connectivity index (χ1) is 34.5. The first-order valence-corrected chi connectivity index (χ1v) is 19.5. The number of nitrogens with one attached hydrogen (secondary N) is 1. The molecule has 0 spiro atoms. The number of rotatable bonds is 2. The fraction of sp³-hybridized carbons (Fsp3) is 0.100. The van der Waals surface area contributed by atoms with Crippen molar-refractivity contribution in [2.45, 2.75) is 32.6 Å². The van der Waals surface area contributed by atoms with E-state index in [1.165, 1.54) is 0 Å². The molecule has 6 rings (SSSR count). The highest BCUT2D eigenvalue weighted by Gasteiger charge is 2.31. The average molecular weight is 1160 g/mol. The Balaban J connectivity index is 0.000000457. The van der Waals surface area contributed by atoms with E-state index in [1.54, 1.807) is 0 Å². The number of anilines is 1. The van der Waals surface area contributed by atoms with Crippen LogP contribution in [0.1, 0.15) is 22.3 Å². The van der Waals surface area contributed by atoms with Crippen LogP contribution >= 0.6 is 0 Å². The summed E-state index contributed by atoms with van der Waals surface area (Å²) in [6, 6.07) is 0. The Labute approximate surface area is 406 Å². The minimum atomic E-state index is -5.41. The van der Waals surface area contributed by atoms with Gasteiger partial charge in [-0.2, -0.15) is 8.42 Å². The first kappa shape index (κ1) is 67.2. The molecule has 6 aromatic carbocycles. The second kappa shape index (κ2) is 26.3. The third kappa shape index (κ3) is 14.0. The largest absolute Gasteiger partial charge is 0.300 e. The summed E-state index contributed by atoms with van der Waals surface area (Å²) in [6.45, 7) is 3.26. The minimum Gasteiger partial charge on any atom is -0.291 e. The molecule has 0 aromatic heterocycles. The third-order valence-corrected chi connectivity index (χ3v) is 9.52. The average Bonchev–Trinajstić information content (AvgIpc) is 3.39. The van der Waals surface area contributed by atoms with Gasteiger partial charge >= 0.3 is 10.1 Å². The maximum atomic E-state index is 12.8. The molecule has 0 saturated carbocycles. The van der Waals surface area contributed by atoms with Crippen LogP contribution in [-0.2, 0) is 10.1 Å². The number of hydrogen-bond acceptors (Lipinski definition) is 4. The maximum Gasteiger partial charge on any atom is 0.300 e. The molecule has 3 N–H and O–H groups in total. The molecule has 0 fully saturated rings. The molecule has 0 aliphatic rings. The van der Waals surface area contributed by atoms with Gasteiger partial charge in [0.25, 0.3) is 0 Å². The van der Waals surface area contributed by atoms with Crippen molar-refractivity contribution >= 4 is 42.4 Å². The van der Waals surface area contributed by atoms with Gasteiger partial charge in [0.15, 0.2) is 145 Å². The van der Waals surface area contributed by atoms with Crippen molar-refractivity contribution < 1.29 is 141 Å². The van der Waals surface area contributed by atoms with Crippen molar-refractivity contribution in [2.24, 2.45) is 0 Å². The van der Waals surface area contributed by atoms with Crippen LogP contribution in [-0.4, -0.2) is 33.9 Å². The SMILES string of the molecule is Cc1c(F)c(F)c(F)c(F)c1F.Cc1c(F)c(F)c(F)c(F)c1F.Cc1c(F)c(F)c(F)c(F)c1F.Cc1c(F)c(F)c(F)c(F)c1F.[B]c1c(F)c(F)c(NO)c(F)c1F.[B]c1c(F)c(F)c(S(=O)(=O)O)c(F)c1F. The van der Waals surface area contributed by atoms with Gasteiger partial charge < -0.3 is 0 Å². The van der Waals surface area contributed by atoms with Gasteiger partial charge in [0, 0.05) is 22.3 Å². The van der Waals surface area contributed by atoms with Crippen LogP contribution in [0.5, 0.6) is 0 Å². The Bertz CT molecular complexity index is 2600. The zero-order valence-electron chi connectivity index (χ0n) is 36.4. The molecular formula is C40H15B2F28NO4S. The lowest BCUT2D eigenvalue weighted by molar-refractivity contribution is 0.369. The van der Waals surface area contributed by atoms with Crippen LogP contribution < -0.4 is 16.4 Å². The van der Waals surface area contributed by atoms with Gasteiger partial charge in [0.2, 0.25) is 23.3 Å². The van der Waals surface area contributed by atoms with E-state index in [0.717, 1.165) is 33.2 Å². The Morgan fingerprint density at radius 3 is 0.566 bits per heavy atom. The summed E-state index contributed by atoms with van der Waals surface area (Å²) >= 11 is 0. The van der Waals surface area contributed by atoms with E-state index < -0.39 is 217 Å². The monoisotopic (exact) mass is 1160 g/mol. The fourth-order valence-corrected chi connectivity index (χ4v) is 5.09. The molecule has 0 unspecified atom stereocenters. The van der Waals surface area contributed by atoms with Crippen molar-refractivity contribution in [3.8, 4) is 0 Å². The summed E-state index contributed by atoms with van der Waals surface area (Å²) in [5, 5.41) is 8.13. The van der Waals surface area contributed by atoms with Gasteiger partial charge in [-0.25, -0.2) is 123 Å². The van der Waals surface area contributed by atoms with E-state index in [4.69, 9.17) is 9.76 Å². The van der Waals surface area contributed by atoms with Gasteiger partial charge in [-0.3, -0.25) is 15.2 Å². The van der Waals surface area contributed by atoms with E-state index >= 15 is 0 Å². The van der Waals surface area contributed by atoms with E-state index in [-0.39, 0.29) is 0 Å². The van der Waals surface area contributed by atoms with Crippen molar-refractivity contribution in [3.05, 3.63) is 185 Å². The zero-order chi connectivity index (χ0) is 60.0. The molecule has 0 heterocycles. The van der Waals surface area contributed by atoms with Crippen molar-refractivity contribution in [2.75, 3.05) is 5.48 Å². The number of halogens is 28. The Hall–Kier alpha value is -6.84. The highest BCUT2D eigenvalue weighted by atomic mass is 32.2. The molecule has 0 aliphatic heterocycles. The van der Waals surface area contributed by atoms with Gasteiger partial charge in [0.1, 0.15) is 21.4 Å². The number of hydrogen-bond donors (Lipinski definition) is 3. The summed E-state index contributed by atoms with van der Waals surface area (Å²) in [6.07, 6.45) is 0. The van der Waals surface area contributed by atoms with Crippen LogP contribution in [0.3, 0.4) is 0 Å². The standard InChI is InChI=1S/4C7H3F5.C6H2BF4NO.C6HBF4O3S/c4*1-2-3(8)5(10)7(12)6(11)4(2)9;7-1-2(8)4(10)6(12-13)5(11)3(1)9;7-1-2(8)4(10)6(15(12,13)14)5(11)3(1)9/h4*1H3;12-13H;(H,12,13,14). The second-order valence-corrected chi connectivity index (χ2v) is 14.8. The molecule has 4 radical (unpaired) electrons. The van der Waals surface area contributed by atoms with E-state index in [1.807, 2.05) is 0 Å². The zero-order valence-corrected chi connectivity index (χ0v) is 37.2. The van der Waals surface area contributed by atoms with Crippen molar-refractivity contribution in [3.63, 3.8) is 0 Å². The van der Waals surface area contributed by atoms with Gasteiger partial charge in [-0.1, -0.05) is 0 Å². The predicted octanol–water partition coefficient (Wildman–Crippen LogP) is 11.9.